The Labute approximate surface area is 167 Å². The normalized spacial score (nSPS) is 16.4. The van der Waals surface area contributed by atoms with Gasteiger partial charge in [-0.1, -0.05) is 17.7 Å². The van der Waals surface area contributed by atoms with Gasteiger partial charge in [0, 0.05) is 24.8 Å². The third-order valence-corrected chi connectivity index (χ3v) is 4.62. The smallest absolute Gasteiger partial charge is 0.343 e. The van der Waals surface area contributed by atoms with Crippen LogP contribution in [-0.4, -0.2) is 48.9 Å². The number of nitrogens with zero attached hydrogens (tertiary/aromatic N) is 3. The monoisotopic (exact) mass is 404 g/mol. The Balaban J connectivity index is 1.59. The molecular weight excluding hydrogens is 384 g/mol. The fourth-order valence-corrected chi connectivity index (χ4v) is 3.09. The second kappa shape index (κ2) is 9.36. The molecule has 2 aromatic rings. The van der Waals surface area contributed by atoms with E-state index in [1.807, 2.05) is 4.90 Å². The van der Waals surface area contributed by atoms with Crippen molar-refractivity contribution < 1.29 is 19.1 Å². The molecule has 28 heavy (non-hydrogen) atoms. The second-order valence-electron chi connectivity index (χ2n) is 6.38. The highest BCUT2D eigenvalue weighted by Gasteiger charge is 2.27. The molecule has 1 amide bonds. The minimum absolute atomic E-state index is 0.0725. The molecule has 148 valence electrons. The molecule has 0 radical (unpaired) electrons. The van der Waals surface area contributed by atoms with Gasteiger partial charge in [-0.25, -0.2) is 4.79 Å². The summed E-state index contributed by atoms with van der Waals surface area (Å²) in [7, 11) is 1.30. The maximum Gasteiger partial charge on any atom is 0.343 e. The van der Waals surface area contributed by atoms with E-state index in [0.29, 0.717) is 29.0 Å². The molecule has 0 bridgehead atoms. The van der Waals surface area contributed by atoms with Crippen LogP contribution in [0.3, 0.4) is 0 Å². The van der Waals surface area contributed by atoms with Gasteiger partial charge in [0.05, 0.1) is 13.0 Å². The average molecular weight is 405 g/mol. The summed E-state index contributed by atoms with van der Waals surface area (Å²) < 4.78 is 9.89. The number of esters is 1. The number of halogens is 1. The van der Waals surface area contributed by atoms with E-state index < -0.39 is 5.97 Å². The van der Waals surface area contributed by atoms with Crippen molar-refractivity contribution in [2.75, 3.05) is 37.0 Å². The summed E-state index contributed by atoms with van der Waals surface area (Å²) in [6.45, 7) is 1.19. The van der Waals surface area contributed by atoms with Crippen LogP contribution in [0.1, 0.15) is 12.8 Å². The lowest BCUT2D eigenvalue weighted by molar-refractivity contribution is -0.142. The third-order valence-electron chi connectivity index (χ3n) is 4.42. The molecule has 9 heteroatoms. The second-order valence-corrected chi connectivity index (χ2v) is 6.77. The minimum atomic E-state index is -0.470. The molecular formula is C19H21ClN4O4. The molecule has 0 spiro atoms. The van der Waals surface area contributed by atoms with Gasteiger partial charge in [-0.15, -0.1) is 10.2 Å². The average Bonchev–Trinajstić information content (AvgIpc) is 2.73. The Hall–Kier alpha value is -2.87. The van der Waals surface area contributed by atoms with Gasteiger partial charge in [-0.05, 0) is 37.1 Å². The Bertz CT molecular complexity index is 831. The first-order valence-corrected chi connectivity index (χ1v) is 9.27. The van der Waals surface area contributed by atoms with Gasteiger partial charge in [0.25, 0.3) is 0 Å². The molecule has 1 N–H and O–H groups in total. The summed E-state index contributed by atoms with van der Waals surface area (Å²) in [4.78, 5) is 25.9. The maximum absolute atomic E-state index is 12.7. The zero-order chi connectivity index (χ0) is 19.9. The summed E-state index contributed by atoms with van der Waals surface area (Å²) in [5, 5.41) is 11.2. The minimum Gasteiger partial charge on any atom is -0.482 e. The summed E-state index contributed by atoms with van der Waals surface area (Å²) in [5.74, 6) is 0.467. The lowest BCUT2D eigenvalue weighted by Crippen LogP contribution is -2.41. The molecule has 1 atom stereocenters. The summed E-state index contributed by atoms with van der Waals surface area (Å²) in [6, 6.07) is 10.4. The fraction of sp³-hybridized carbons (Fsp3) is 0.368. The largest absolute Gasteiger partial charge is 0.482 e. The first-order valence-electron chi connectivity index (χ1n) is 8.90. The van der Waals surface area contributed by atoms with E-state index in [4.69, 9.17) is 16.3 Å². The number of carbonyl (C=O) groups is 2. The van der Waals surface area contributed by atoms with Crippen molar-refractivity contribution in [3.05, 3.63) is 41.6 Å². The topological polar surface area (TPSA) is 93.6 Å². The van der Waals surface area contributed by atoms with Gasteiger partial charge >= 0.3 is 5.97 Å². The van der Waals surface area contributed by atoms with Crippen LogP contribution in [0.25, 0.3) is 0 Å². The first kappa shape index (κ1) is 19.9. The summed E-state index contributed by atoms with van der Waals surface area (Å²) in [5.41, 5.74) is 0.607. The number of hydrogen-bond donors (Lipinski definition) is 1. The van der Waals surface area contributed by atoms with Crippen LogP contribution >= 0.6 is 11.6 Å². The van der Waals surface area contributed by atoms with Gasteiger partial charge in [-0.3, -0.25) is 4.79 Å². The van der Waals surface area contributed by atoms with E-state index in [2.05, 4.69) is 20.3 Å². The maximum atomic E-state index is 12.7. The Kier molecular flexibility index (Phi) is 6.65. The van der Waals surface area contributed by atoms with Crippen molar-refractivity contribution in [1.29, 1.82) is 0 Å². The molecule has 1 saturated heterocycles. The Morgan fingerprint density at radius 3 is 2.89 bits per heavy atom. The quantitative estimate of drug-likeness (QED) is 0.739. The number of benzene rings is 1. The number of rotatable bonds is 6. The Morgan fingerprint density at radius 1 is 1.29 bits per heavy atom. The highest BCUT2D eigenvalue weighted by atomic mass is 35.5. The van der Waals surface area contributed by atoms with E-state index >= 15 is 0 Å². The van der Waals surface area contributed by atoms with E-state index in [1.165, 1.54) is 7.11 Å². The molecule has 0 aliphatic carbocycles. The van der Waals surface area contributed by atoms with Crippen LogP contribution in [0, 0.1) is 5.92 Å². The van der Waals surface area contributed by atoms with E-state index in [-0.39, 0.29) is 18.4 Å². The lowest BCUT2D eigenvalue weighted by Gasteiger charge is -2.32. The lowest BCUT2D eigenvalue weighted by atomic mass is 9.97. The Morgan fingerprint density at radius 2 is 2.14 bits per heavy atom. The van der Waals surface area contributed by atoms with Crippen molar-refractivity contribution in [2.45, 2.75) is 12.8 Å². The molecule has 1 fully saturated rings. The molecule has 0 saturated carbocycles. The predicted octanol–water partition coefficient (Wildman–Crippen LogP) is 2.54. The number of hydrogen-bond acceptors (Lipinski definition) is 7. The van der Waals surface area contributed by atoms with E-state index in [1.54, 1.807) is 36.4 Å². The number of methoxy groups -OCH3 is 1. The molecule has 8 nitrogen and oxygen atoms in total. The highest BCUT2D eigenvalue weighted by molar-refractivity contribution is 6.29. The number of carbonyl (C=O) groups excluding carboxylic acids is 2. The zero-order valence-corrected chi connectivity index (χ0v) is 16.2. The van der Waals surface area contributed by atoms with Crippen LogP contribution in [0.5, 0.6) is 5.75 Å². The molecule has 1 aromatic carbocycles. The molecule has 3 rings (SSSR count). The number of anilines is 2. The van der Waals surface area contributed by atoms with Crippen LogP contribution < -0.4 is 15.0 Å². The first-order chi connectivity index (χ1) is 13.5. The van der Waals surface area contributed by atoms with E-state index in [9.17, 15) is 9.59 Å². The summed E-state index contributed by atoms with van der Waals surface area (Å²) >= 11 is 5.79. The van der Waals surface area contributed by atoms with Crippen LogP contribution in [0.4, 0.5) is 11.5 Å². The van der Waals surface area contributed by atoms with E-state index in [0.717, 1.165) is 19.4 Å². The molecule has 0 unspecified atom stereocenters. The van der Waals surface area contributed by atoms with Crippen molar-refractivity contribution in [3.63, 3.8) is 0 Å². The third kappa shape index (κ3) is 5.32. The molecule has 2 heterocycles. The van der Waals surface area contributed by atoms with Crippen molar-refractivity contribution in [1.82, 2.24) is 10.2 Å². The standard InChI is InChI=1S/C19H21ClN4O4/c1-27-18(25)12-28-15-6-2-5-14(10-15)21-19(26)13-4-3-9-24(11-13)17-8-7-16(20)22-23-17/h2,5-8,10,13H,3-4,9,11-12H2,1H3,(H,21,26)/t13-/m1/s1. The van der Waals surface area contributed by atoms with Crippen LogP contribution in [-0.2, 0) is 14.3 Å². The SMILES string of the molecule is COC(=O)COc1cccc(NC(=O)[C@@H]2CCCN(c3ccc(Cl)nn3)C2)c1. The number of nitrogens with one attached hydrogen (secondary N) is 1. The van der Waals surface area contributed by atoms with Gasteiger partial charge in [0.1, 0.15) is 5.75 Å². The number of ether oxygens (including phenoxy) is 2. The highest BCUT2D eigenvalue weighted by Crippen LogP contribution is 2.24. The van der Waals surface area contributed by atoms with Gasteiger partial charge in [0.2, 0.25) is 5.91 Å². The predicted molar refractivity (Wildman–Crippen MR) is 105 cm³/mol. The van der Waals surface area contributed by atoms with Crippen LogP contribution in [0.15, 0.2) is 36.4 Å². The zero-order valence-electron chi connectivity index (χ0n) is 15.4. The molecule has 1 aromatic heterocycles. The van der Waals surface area contributed by atoms with Gasteiger partial charge in [-0.2, -0.15) is 0 Å². The van der Waals surface area contributed by atoms with Crippen LogP contribution in [0.2, 0.25) is 5.15 Å². The number of amides is 1. The van der Waals surface area contributed by atoms with Gasteiger partial charge in [0.15, 0.2) is 17.6 Å². The number of piperidine rings is 1. The molecule has 1 aliphatic heterocycles. The van der Waals surface area contributed by atoms with Crippen molar-refractivity contribution in [2.24, 2.45) is 5.92 Å². The summed E-state index contributed by atoms with van der Waals surface area (Å²) in [6.07, 6.45) is 1.67. The van der Waals surface area contributed by atoms with Crippen molar-refractivity contribution >= 4 is 35.0 Å². The number of aromatic nitrogens is 2. The molecule has 1 aliphatic rings. The fourth-order valence-electron chi connectivity index (χ4n) is 2.99. The van der Waals surface area contributed by atoms with Crippen molar-refractivity contribution in [3.8, 4) is 5.75 Å². The van der Waals surface area contributed by atoms with Gasteiger partial charge < -0.3 is 19.7 Å².